The van der Waals surface area contributed by atoms with E-state index in [-0.39, 0.29) is 40.4 Å². The van der Waals surface area contributed by atoms with E-state index < -0.39 is 41.4 Å². The summed E-state index contributed by atoms with van der Waals surface area (Å²) in [6.45, 7) is 1.70. The summed E-state index contributed by atoms with van der Waals surface area (Å²) in [6.07, 6.45) is 0. The van der Waals surface area contributed by atoms with Crippen LogP contribution in [0.3, 0.4) is 0 Å². The smallest absolute Gasteiger partial charge is 0.414 e. The molecule has 1 aliphatic rings. The second-order valence-electron chi connectivity index (χ2n) is 8.94. The lowest BCUT2D eigenvalue weighted by Gasteiger charge is -2.30. The van der Waals surface area contributed by atoms with Gasteiger partial charge in [-0.3, -0.25) is 15.0 Å². The number of carbonyl (C=O) groups excluding carboxylic acids is 2. The predicted octanol–water partition coefficient (Wildman–Crippen LogP) is 2.78. The first-order valence-corrected chi connectivity index (χ1v) is 12.4. The van der Waals surface area contributed by atoms with E-state index in [9.17, 15) is 24.1 Å². The molecule has 2 aromatic rings. The molecule has 1 atom stereocenters. The molecule has 0 saturated carbocycles. The number of esters is 2. The number of allylic oxidation sites excluding steroid dienone is 2. The van der Waals surface area contributed by atoms with Crippen LogP contribution in [0.2, 0.25) is 0 Å². The van der Waals surface area contributed by atoms with Crippen molar-refractivity contribution in [1.29, 1.82) is 0 Å². The number of hydrogen-bond acceptors (Lipinski definition) is 10. The molecule has 14 heteroatoms. The maximum Gasteiger partial charge on any atom is 0.414 e. The highest BCUT2D eigenvalue weighted by molar-refractivity contribution is 6.27. The highest BCUT2D eigenvalue weighted by Crippen LogP contribution is 2.40. The number of rotatable bonds is 10. The first-order valence-electron chi connectivity index (χ1n) is 12.4. The van der Waals surface area contributed by atoms with Crippen LogP contribution >= 0.6 is 0 Å². The fourth-order valence-electron chi connectivity index (χ4n) is 4.12. The van der Waals surface area contributed by atoms with Crippen molar-refractivity contribution in [3.8, 4) is 0 Å². The Morgan fingerprint density at radius 1 is 1.02 bits per heavy atom. The number of hydrogen-bond donors (Lipinski definition) is 3. The fraction of sp³-hybridized carbons (Fsp3) is 0.286. The molecular weight excluding hydrogens is 557 g/mol. The third-order valence-electron chi connectivity index (χ3n) is 6.00. The van der Waals surface area contributed by atoms with E-state index in [0.29, 0.717) is 13.1 Å². The lowest BCUT2D eigenvalue weighted by atomic mass is 9.80. The average molecular weight is 588 g/mol. The van der Waals surface area contributed by atoms with Gasteiger partial charge in [-0.25, -0.2) is 23.6 Å². The number of likely N-dealkylation sites (N-methyl/N-ethyl adjacent to an activating group) is 1. The van der Waals surface area contributed by atoms with Gasteiger partial charge < -0.3 is 25.0 Å². The Morgan fingerprint density at radius 2 is 1.67 bits per heavy atom. The Labute approximate surface area is 240 Å². The molecule has 0 saturated heterocycles. The van der Waals surface area contributed by atoms with E-state index in [1.54, 1.807) is 6.92 Å². The van der Waals surface area contributed by atoms with Crippen molar-refractivity contribution in [2.24, 2.45) is 0 Å². The molecule has 1 aliphatic heterocycles. The summed E-state index contributed by atoms with van der Waals surface area (Å²) in [5, 5.41) is 28.9. The zero-order chi connectivity index (χ0) is 31.4. The highest BCUT2D eigenvalue weighted by Gasteiger charge is 2.39. The number of non-ortho nitro benzene ring substituents is 1. The highest BCUT2D eigenvalue weighted by atomic mass is 19.1. The van der Waals surface area contributed by atoms with Crippen LogP contribution in [0, 0.1) is 10.1 Å². The minimum Gasteiger partial charge on any atom is -0.473 e. The molecule has 0 spiro atoms. The molecule has 3 N–H and O–H groups in total. The molecular formula is C28H30FN3O10. The van der Waals surface area contributed by atoms with Crippen molar-refractivity contribution in [3.63, 3.8) is 0 Å². The number of benzene rings is 2. The Morgan fingerprint density at radius 3 is 2.21 bits per heavy atom. The number of carbonyl (C=O) groups is 4. The molecule has 1 unspecified atom stereocenters. The third kappa shape index (κ3) is 8.96. The van der Waals surface area contributed by atoms with Gasteiger partial charge in [-0.1, -0.05) is 42.5 Å². The van der Waals surface area contributed by atoms with Crippen LogP contribution in [0.5, 0.6) is 0 Å². The fourth-order valence-corrected chi connectivity index (χ4v) is 4.12. The number of methoxy groups -OCH3 is 1. The van der Waals surface area contributed by atoms with Crippen molar-refractivity contribution in [1.82, 2.24) is 10.2 Å². The molecule has 3 rings (SSSR count). The number of ether oxygens (including phenoxy) is 2. The van der Waals surface area contributed by atoms with Gasteiger partial charge in [0.05, 0.1) is 34.8 Å². The minimum absolute atomic E-state index is 0.0545. The summed E-state index contributed by atoms with van der Waals surface area (Å²) in [5.74, 6) is -6.33. The summed E-state index contributed by atoms with van der Waals surface area (Å²) >= 11 is 0. The quantitative estimate of drug-likeness (QED) is 0.160. The largest absolute Gasteiger partial charge is 0.473 e. The van der Waals surface area contributed by atoms with E-state index in [1.807, 2.05) is 42.3 Å². The molecule has 0 aromatic heterocycles. The summed E-state index contributed by atoms with van der Waals surface area (Å²) in [4.78, 5) is 56.9. The second kappa shape index (κ2) is 15.6. The van der Waals surface area contributed by atoms with Crippen LogP contribution in [0.25, 0.3) is 0 Å². The van der Waals surface area contributed by atoms with E-state index in [0.717, 1.165) is 12.7 Å². The third-order valence-corrected chi connectivity index (χ3v) is 6.00. The molecule has 0 aliphatic carbocycles. The first kappa shape index (κ1) is 33.1. The van der Waals surface area contributed by atoms with Crippen LogP contribution in [-0.2, 0) is 35.2 Å². The summed E-state index contributed by atoms with van der Waals surface area (Å²) in [6, 6.07) is 15.3. The Bertz CT molecular complexity index is 1380. The Balaban J connectivity index is 0.000000928. The molecule has 2 aromatic carbocycles. The number of dihydropyridines is 1. The number of nitrogens with zero attached hydrogens (tertiary/aromatic N) is 2. The van der Waals surface area contributed by atoms with E-state index >= 15 is 0 Å². The van der Waals surface area contributed by atoms with Crippen LogP contribution in [0.1, 0.15) is 24.0 Å². The molecule has 1 heterocycles. The van der Waals surface area contributed by atoms with Crippen molar-refractivity contribution in [3.05, 3.63) is 98.4 Å². The molecule has 0 radical (unpaired) electrons. The molecule has 42 heavy (non-hydrogen) atoms. The standard InChI is InChI=1S/C26H28FN3O6.C2H2O4/c1-17-22(26(32)36-13-12-29(2)16-18-8-5-4-6-9-18)23(19-10-7-11-20(14-19)30(33)34)24(25(31)35-3)21(15-27)28-17;3-1(4)2(5)6/h4-11,14,23,28H,12-13,15-16H2,1-3H3;(H,3,4)(H,5,6). The number of aliphatic carboxylic acids is 2. The summed E-state index contributed by atoms with van der Waals surface area (Å²) in [5.41, 5.74) is 1.27. The number of nitrogens with one attached hydrogen (secondary N) is 1. The van der Waals surface area contributed by atoms with Gasteiger partial charge in [0, 0.05) is 30.9 Å². The van der Waals surface area contributed by atoms with Gasteiger partial charge in [0.15, 0.2) is 0 Å². The van der Waals surface area contributed by atoms with Gasteiger partial charge in [0.25, 0.3) is 5.69 Å². The SMILES string of the molecule is COC(=O)C1=C(CF)NC(C)=C(C(=O)OCCN(C)Cc2ccccc2)C1c1cccc([N+](=O)[O-])c1.O=C(O)C(=O)O. The molecule has 0 fully saturated rings. The van der Waals surface area contributed by atoms with Crippen LogP contribution in [0.4, 0.5) is 10.1 Å². The molecule has 0 amide bonds. The predicted molar refractivity (Wildman–Crippen MR) is 146 cm³/mol. The Kier molecular flexibility index (Phi) is 12.3. The monoisotopic (exact) mass is 587 g/mol. The zero-order valence-corrected chi connectivity index (χ0v) is 23.0. The zero-order valence-electron chi connectivity index (χ0n) is 23.0. The van der Waals surface area contributed by atoms with E-state index in [4.69, 9.17) is 29.3 Å². The maximum absolute atomic E-state index is 13.9. The number of halogens is 1. The molecule has 0 bridgehead atoms. The first-order chi connectivity index (χ1) is 19.9. The van der Waals surface area contributed by atoms with Crippen LogP contribution in [0.15, 0.2) is 77.1 Å². The van der Waals surface area contributed by atoms with Gasteiger partial charge in [0.2, 0.25) is 0 Å². The summed E-state index contributed by atoms with van der Waals surface area (Å²) < 4.78 is 24.3. The van der Waals surface area contributed by atoms with Crippen LogP contribution in [-0.4, -0.2) is 77.9 Å². The van der Waals surface area contributed by atoms with Crippen molar-refractivity contribution in [2.45, 2.75) is 19.4 Å². The number of carboxylic acids is 2. The number of nitro benzene ring substituents is 1. The van der Waals surface area contributed by atoms with Gasteiger partial charge in [-0.05, 0) is 25.1 Å². The maximum atomic E-state index is 13.9. The lowest BCUT2D eigenvalue weighted by molar-refractivity contribution is -0.384. The van der Waals surface area contributed by atoms with Gasteiger partial charge in [-0.15, -0.1) is 0 Å². The minimum atomic E-state index is -1.82. The average Bonchev–Trinajstić information content (AvgIpc) is 2.96. The van der Waals surface area contributed by atoms with Crippen molar-refractivity contribution >= 4 is 29.6 Å². The van der Waals surface area contributed by atoms with Crippen molar-refractivity contribution in [2.75, 3.05) is 34.0 Å². The van der Waals surface area contributed by atoms with Crippen LogP contribution < -0.4 is 5.32 Å². The summed E-state index contributed by atoms with van der Waals surface area (Å²) in [7, 11) is 3.03. The van der Waals surface area contributed by atoms with Gasteiger partial charge >= 0.3 is 23.9 Å². The molecule has 224 valence electrons. The second-order valence-corrected chi connectivity index (χ2v) is 8.94. The van der Waals surface area contributed by atoms with E-state index in [2.05, 4.69) is 5.32 Å². The lowest BCUT2D eigenvalue weighted by Crippen LogP contribution is -2.34. The van der Waals surface area contributed by atoms with Gasteiger partial charge in [-0.2, -0.15) is 0 Å². The van der Waals surface area contributed by atoms with Gasteiger partial charge in [0.1, 0.15) is 13.3 Å². The topological polar surface area (TPSA) is 186 Å². The Hall–Kier alpha value is -5.11. The normalized spacial score (nSPS) is 14.4. The number of carboxylic acid groups (broad SMARTS) is 2. The van der Waals surface area contributed by atoms with E-state index in [1.165, 1.54) is 24.3 Å². The molecule has 13 nitrogen and oxygen atoms in total. The number of alkyl halides is 1. The van der Waals surface area contributed by atoms with Crippen molar-refractivity contribution < 1.29 is 48.2 Å². The number of nitro groups is 1.